The minimum Gasteiger partial charge on any atom is -0.395 e. The number of β-amino-alcohol motifs (C(OH)–C–C–N with tert-alkyl or cyclic N) is 1. The van der Waals surface area contributed by atoms with Crippen LogP contribution in [0, 0.1) is 5.82 Å². The third-order valence-electron chi connectivity index (χ3n) is 3.66. The molecule has 0 aromatic heterocycles. The summed E-state index contributed by atoms with van der Waals surface area (Å²) in [6, 6.07) is 5.98. The maximum absolute atomic E-state index is 12.8. The van der Waals surface area contributed by atoms with Crippen molar-refractivity contribution in [3.05, 3.63) is 35.6 Å². The van der Waals surface area contributed by atoms with Gasteiger partial charge in [-0.3, -0.25) is 14.6 Å². The Morgan fingerprint density at radius 3 is 2.38 bits per heavy atom. The first-order valence-electron chi connectivity index (χ1n) is 7.24. The first kappa shape index (κ1) is 15.9. The fourth-order valence-electron chi connectivity index (χ4n) is 2.36. The third kappa shape index (κ3) is 5.41. The summed E-state index contributed by atoms with van der Waals surface area (Å²) >= 11 is 0. The van der Waals surface area contributed by atoms with Gasteiger partial charge in [0, 0.05) is 32.7 Å². The van der Waals surface area contributed by atoms with Gasteiger partial charge in [-0.05, 0) is 17.7 Å². The monoisotopic (exact) mass is 295 g/mol. The van der Waals surface area contributed by atoms with Crippen molar-refractivity contribution in [3.63, 3.8) is 0 Å². The van der Waals surface area contributed by atoms with Crippen LogP contribution in [0.4, 0.5) is 4.39 Å². The van der Waals surface area contributed by atoms with Gasteiger partial charge < -0.3 is 10.4 Å². The Labute approximate surface area is 124 Å². The van der Waals surface area contributed by atoms with Crippen molar-refractivity contribution in [2.75, 3.05) is 46.0 Å². The van der Waals surface area contributed by atoms with E-state index in [4.69, 9.17) is 5.11 Å². The zero-order valence-electron chi connectivity index (χ0n) is 12.1. The van der Waals surface area contributed by atoms with Gasteiger partial charge in [0.2, 0.25) is 5.91 Å². The highest BCUT2D eigenvalue weighted by Gasteiger charge is 2.16. The molecule has 1 aromatic carbocycles. The first-order valence-corrected chi connectivity index (χ1v) is 7.24. The van der Waals surface area contributed by atoms with E-state index in [1.807, 2.05) is 0 Å². The van der Waals surface area contributed by atoms with E-state index in [-0.39, 0.29) is 24.8 Å². The number of nitrogens with zero attached hydrogens (tertiary/aromatic N) is 2. The molecular formula is C15H22FN3O2. The van der Waals surface area contributed by atoms with Gasteiger partial charge in [-0.25, -0.2) is 4.39 Å². The lowest BCUT2D eigenvalue weighted by atomic mass is 10.1. The number of rotatable bonds is 6. The number of aliphatic hydroxyl groups is 1. The minimum atomic E-state index is -0.292. The number of aliphatic hydroxyl groups excluding tert-OH is 1. The molecule has 1 amide bonds. The largest absolute Gasteiger partial charge is 0.395 e. The number of carbonyl (C=O) groups excluding carboxylic acids is 1. The highest BCUT2D eigenvalue weighted by atomic mass is 19.1. The van der Waals surface area contributed by atoms with Crippen LogP contribution < -0.4 is 5.32 Å². The molecular weight excluding hydrogens is 273 g/mol. The summed E-state index contributed by atoms with van der Waals surface area (Å²) < 4.78 is 12.8. The van der Waals surface area contributed by atoms with Gasteiger partial charge >= 0.3 is 0 Å². The summed E-state index contributed by atoms with van der Waals surface area (Å²) in [4.78, 5) is 16.2. The molecule has 1 saturated heterocycles. The normalized spacial score (nSPS) is 16.9. The summed E-state index contributed by atoms with van der Waals surface area (Å²) in [5.74, 6) is -0.348. The van der Waals surface area contributed by atoms with Gasteiger partial charge in [0.25, 0.3) is 0 Å². The maximum Gasteiger partial charge on any atom is 0.225 e. The van der Waals surface area contributed by atoms with Crippen LogP contribution in [0.1, 0.15) is 5.56 Å². The predicted molar refractivity (Wildman–Crippen MR) is 78.2 cm³/mol. The summed E-state index contributed by atoms with van der Waals surface area (Å²) in [7, 11) is 0. The van der Waals surface area contributed by atoms with Crippen molar-refractivity contribution in [1.82, 2.24) is 15.1 Å². The van der Waals surface area contributed by atoms with Gasteiger partial charge in [-0.1, -0.05) is 12.1 Å². The Morgan fingerprint density at radius 1 is 1.14 bits per heavy atom. The second-order valence-corrected chi connectivity index (χ2v) is 5.24. The minimum absolute atomic E-state index is 0.0561. The fraction of sp³-hybridized carbons (Fsp3) is 0.533. The molecule has 0 atom stereocenters. The average molecular weight is 295 g/mol. The number of hydrogen-bond donors (Lipinski definition) is 2. The van der Waals surface area contributed by atoms with Crippen molar-refractivity contribution in [2.45, 2.75) is 6.42 Å². The van der Waals surface area contributed by atoms with Gasteiger partial charge in [0.15, 0.2) is 0 Å². The Morgan fingerprint density at radius 2 is 1.76 bits per heavy atom. The Hall–Kier alpha value is -1.50. The van der Waals surface area contributed by atoms with E-state index >= 15 is 0 Å². The van der Waals surface area contributed by atoms with Crippen molar-refractivity contribution < 1.29 is 14.3 Å². The number of piperazine rings is 1. The molecule has 21 heavy (non-hydrogen) atoms. The smallest absolute Gasteiger partial charge is 0.225 e. The highest BCUT2D eigenvalue weighted by molar-refractivity contribution is 5.78. The van der Waals surface area contributed by atoms with E-state index in [0.717, 1.165) is 31.7 Å². The maximum atomic E-state index is 12.8. The van der Waals surface area contributed by atoms with Crippen LogP contribution in [-0.4, -0.2) is 66.8 Å². The number of benzene rings is 1. The lowest BCUT2D eigenvalue weighted by Gasteiger charge is -2.34. The van der Waals surface area contributed by atoms with Crippen LogP contribution in [0.2, 0.25) is 0 Å². The highest BCUT2D eigenvalue weighted by Crippen LogP contribution is 2.04. The predicted octanol–water partition coefficient (Wildman–Crippen LogP) is 0.0518. The van der Waals surface area contributed by atoms with Crippen LogP contribution in [-0.2, 0) is 11.2 Å². The standard InChI is InChI=1S/C15H22FN3O2/c16-14-3-1-13(2-4-14)11-15(21)17-12-19-7-5-18(6-8-19)9-10-20/h1-4,20H,5-12H2,(H,17,21). The molecule has 0 aliphatic carbocycles. The Balaban J connectivity index is 1.66. The lowest BCUT2D eigenvalue weighted by Crippen LogP contribution is -2.50. The molecule has 0 bridgehead atoms. The van der Waals surface area contributed by atoms with Crippen LogP contribution in [0.3, 0.4) is 0 Å². The molecule has 1 aliphatic heterocycles. The SMILES string of the molecule is O=C(Cc1ccc(F)cc1)NCN1CCN(CCO)CC1. The molecule has 1 fully saturated rings. The second-order valence-electron chi connectivity index (χ2n) is 5.24. The fourth-order valence-corrected chi connectivity index (χ4v) is 2.36. The van der Waals surface area contributed by atoms with Crippen molar-refractivity contribution >= 4 is 5.91 Å². The molecule has 6 heteroatoms. The Bertz CT molecular complexity index is 445. The number of amides is 1. The van der Waals surface area contributed by atoms with Gasteiger partial charge in [0.05, 0.1) is 19.7 Å². The molecule has 0 unspecified atom stereocenters. The molecule has 1 aromatic rings. The Kier molecular flexibility index (Phi) is 6.10. The quantitative estimate of drug-likeness (QED) is 0.779. The van der Waals surface area contributed by atoms with E-state index in [1.165, 1.54) is 12.1 Å². The molecule has 1 heterocycles. The number of carbonyl (C=O) groups is 1. The lowest BCUT2D eigenvalue weighted by molar-refractivity contribution is -0.121. The molecule has 116 valence electrons. The van der Waals surface area contributed by atoms with Crippen LogP contribution >= 0.6 is 0 Å². The summed E-state index contributed by atoms with van der Waals surface area (Å²) in [5, 5.41) is 11.8. The molecule has 1 aliphatic rings. The van der Waals surface area contributed by atoms with Crippen molar-refractivity contribution in [1.29, 1.82) is 0 Å². The number of halogens is 1. The molecule has 0 spiro atoms. The summed E-state index contributed by atoms with van der Waals surface area (Å²) in [6.07, 6.45) is 0.269. The molecule has 5 nitrogen and oxygen atoms in total. The van der Waals surface area contributed by atoms with E-state index in [9.17, 15) is 9.18 Å². The summed E-state index contributed by atoms with van der Waals surface area (Å²) in [5.41, 5.74) is 0.807. The van der Waals surface area contributed by atoms with Crippen molar-refractivity contribution in [3.8, 4) is 0 Å². The van der Waals surface area contributed by atoms with E-state index < -0.39 is 0 Å². The van der Waals surface area contributed by atoms with Gasteiger partial charge in [0.1, 0.15) is 5.82 Å². The first-order chi connectivity index (χ1) is 10.2. The zero-order valence-corrected chi connectivity index (χ0v) is 12.1. The third-order valence-corrected chi connectivity index (χ3v) is 3.66. The van der Waals surface area contributed by atoms with E-state index in [2.05, 4.69) is 15.1 Å². The van der Waals surface area contributed by atoms with Gasteiger partial charge in [-0.2, -0.15) is 0 Å². The summed E-state index contributed by atoms with van der Waals surface area (Å²) in [6.45, 7) is 5.03. The topological polar surface area (TPSA) is 55.8 Å². The van der Waals surface area contributed by atoms with E-state index in [1.54, 1.807) is 12.1 Å². The second kappa shape index (κ2) is 8.07. The molecule has 2 rings (SSSR count). The van der Waals surface area contributed by atoms with Crippen molar-refractivity contribution in [2.24, 2.45) is 0 Å². The van der Waals surface area contributed by atoms with Gasteiger partial charge in [-0.15, -0.1) is 0 Å². The average Bonchev–Trinajstić information content (AvgIpc) is 2.49. The van der Waals surface area contributed by atoms with E-state index in [0.29, 0.717) is 13.2 Å². The zero-order chi connectivity index (χ0) is 15.1. The van der Waals surface area contributed by atoms with Crippen LogP contribution in [0.15, 0.2) is 24.3 Å². The molecule has 2 N–H and O–H groups in total. The molecule has 0 radical (unpaired) electrons. The number of nitrogens with one attached hydrogen (secondary N) is 1. The molecule has 0 saturated carbocycles. The van der Waals surface area contributed by atoms with Crippen LogP contribution in [0.5, 0.6) is 0 Å². The van der Waals surface area contributed by atoms with Crippen LogP contribution in [0.25, 0.3) is 0 Å². The number of hydrogen-bond acceptors (Lipinski definition) is 4.